The molecule has 0 amide bonds. The Morgan fingerprint density at radius 1 is 1.29 bits per heavy atom. The van der Waals surface area contributed by atoms with Crippen LogP contribution in [0.1, 0.15) is 33.1 Å². The highest BCUT2D eigenvalue weighted by Crippen LogP contribution is 2.28. The van der Waals surface area contributed by atoms with Gasteiger partial charge in [-0.2, -0.15) is 0 Å². The number of hydrogen-bond acceptors (Lipinski definition) is 3. The molecule has 0 aromatic rings. The zero-order valence-corrected chi connectivity index (χ0v) is 9.42. The molecule has 0 atom stereocenters. The monoisotopic (exact) mass is 201 g/mol. The molecule has 0 aliphatic heterocycles. The van der Waals surface area contributed by atoms with Crippen molar-refractivity contribution in [3.63, 3.8) is 0 Å². The van der Waals surface area contributed by atoms with Crippen LogP contribution in [0.5, 0.6) is 0 Å². The molecule has 3 nitrogen and oxygen atoms in total. The molecule has 0 unspecified atom stereocenters. The fourth-order valence-electron chi connectivity index (χ4n) is 1.18. The third-order valence-electron chi connectivity index (χ3n) is 2.24. The fourth-order valence-corrected chi connectivity index (χ4v) is 1.18. The minimum atomic E-state index is 0.470. The van der Waals surface area contributed by atoms with Crippen molar-refractivity contribution < 1.29 is 9.47 Å². The quantitative estimate of drug-likeness (QED) is 0.455. The molecule has 1 N–H and O–H groups in total. The van der Waals surface area contributed by atoms with E-state index in [0.29, 0.717) is 12.8 Å². The highest BCUT2D eigenvalue weighted by molar-refractivity contribution is 4.71. The Morgan fingerprint density at radius 3 is 2.71 bits per heavy atom. The maximum absolute atomic E-state index is 5.34. The van der Waals surface area contributed by atoms with E-state index in [-0.39, 0.29) is 0 Å². The lowest BCUT2D eigenvalue weighted by Crippen LogP contribution is -2.24. The molecule has 0 radical (unpaired) electrons. The second-order valence-corrected chi connectivity index (χ2v) is 4.30. The third-order valence-corrected chi connectivity index (χ3v) is 2.24. The Morgan fingerprint density at radius 2 is 2.07 bits per heavy atom. The first kappa shape index (κ1) is 12.0. The van der Waals surface area contributed by atoms with E-state index < -0.39 is 0 Å². The summed E-state index contributed by atoms with van der Waals surface area (Å²) in [5, 5.41) is 3.34. The first-order valence-electron chi connectivity index (χ1n) is 5.68. The van der Waals surface area contributed by atoms with Crippen molar-refractivity contribution in [3.05, 3.63) is 0 Å². The number of nitrogens with one attached hydrogen (secondary N) is 1. The van der Waals surface area contributed by atoms with Crippen LogP contribution in [0.15, 0.2) is 0 Å². The maximum atomic E-state index is 5.34. The van der Waals surface area contributed by atoms with Gasteiger partial charge in [0, 0.05) is 6.04 Å². The number of hydrogen-bond donors (Lipinski definition) is 1. The molecular weight excluding hydrogens is 178 g/mol. The van der Waals surface area contributed by atoms with Crippen molar-refractivity contribution in [2.24, 2.45) is 5.92 Å². The van der Waals surface area contributed by atoms with Crippen LogP contribution in [0.25, 0.3) is 0 Å². The van der Waals surface area contributed by atoms with E-state index in [4.69, 9.17) is 9.47 Å². The molecule has 0 bridgehead atoms. The molecule has 14 heavy (non-hydrogen) atoms. The Bertz CT molecular complexity index is 127. The van der Waals surface area contributed by atoms with Crippen LogP contribution in [-0.2, 0) is 9.47 Å². The zero-order valence-electron chi connectivity index (χ0n) is 9.42. The van der Waals surface area contributed by atoms with Gasteiger partial charge in [0.1, 0.15) is 6.79 Å². The molecule has 0 saturated heterocycles. The zero-order chi connectivity index (χ0) is 10.2. The topological polar surface area (TPSA) is 30.5 Å². The van der Waals surface area contributed by atoms with Gasteiger partial charge < -0.3 is 14.8 Å². The number of ether oxygens (including phenoxy) is 2. The smallest absolute Gasteiger partial charge is 0.146 e. The Kier molecular flexibility index (Phi) is 6.15. The number of rotatable bonds is 9. The molecule has 0 aromatic heterocycles. The van der Waals surface area contributed by atoms with E-state index in [9.17, 15) is 0 Å². The van der Waals surface area contributed by atoms with Gasteiger partial charge >= 0.3 is 0 Å². The lowest BCUT2D eigenvalue weighted by atomic mass is 10.3. The first-order chi connectivity index (χ1) is 6.79. The second kappa shape index (κ2) is 7.21. The molecule has 1 fully saturated rings. The van der Waals surface area contributed by atoms with Crippen molar-refractivity contribution in [2.75, 3.05) is 26.6 Å². The van der Waals surface area contributed by atoms with Gasteiger partial charge in [0.05, 0.1) is 13.2 Å². The summed E-state index contributed by atoms with van der Waals surface area (Å²) in [5.41, 5.74) is 0. The SMILES string of the molecule is CC(C)NCCCOCOCC1CC1. The van der Waals surface area contributed by atoms with Crippen LogP contribution in [0, 0.1) is 5.92 Å². The minimum Gasteiger partial charge on any atom is -0.355 e. The molecule has 0 heterocycles. The molecule has 3 heteroatoms. The molecule has 84 valence electrons. The summed E-state index contributed by atoms with van der Waals surface area (Å²) in [7, 11) is 0. The molecule has 1 aliphatic rings. The van der Waals surface area contributed by atoms with Gasteiger partial charge in [-0.25, -0.2) is 0 Å². The van der Waals surface area contributed by atoms with Crippen LogP contribution in [0.4, 0.5) is 0 Å². The summed E-state index contributed by atoms with van der Waals surface area (Å²) in [6.07, 6.45) is 3.75. The highest BCUT2D eigenvalue weighted by atomic mass is 16.7. The van der Waals surface area contributed by atoms with Crippen LogP contribution >= 0.6 is 0 Å². The van der Waals surface area contributed by atoms with Gasteiger partial charge in [-0.05, 0) is 31.7 Å². The molecular formula is C11H23NO2. The molecule has 1 saturated carbocycles. The normalized spacial score (nSPS) is 16.5. The van der Waals surface area contributed by atoms with Gasteiger partial charge in [-0.15, -0.1) is 0 Å². The Hall–Kier alpha value is -0.120. The summed E-state index contributed by atoms with van der Waals surface area (Å²) in [6, 6.07) is 0.570. The van der Waals surface area contributed by atoms with Crippen LogP contribution < -0.4 is 5.32 Å². The minimum absolute atomic E-state index is 0.470. The van der Waals surface area contributed by atoms with Crippen molar-refractivity contribution >= 4 is 0 Å². The summed E-state index contributed by atoms with van der Waals surface area (Å²) in [5.74, 6) is 0.834. The van der Waals surface area contributed by atoms with E-state index in [2.05, 4.69) is 19.2 Å². The summed E-state index contributed by atoms with van der Waals surface area (Å²) in [4.78, 5) is 0. The first-order valence-corrected chi connectivity index (χ1v) is 5.68. The van der Waals surface area contributed by atoms with E-state index in [1.165, 1.54) is 12.8 Å². The van der Waals surface area contributed by atoms with E-state index >= 15 is 0 Å². The van der Waals surface area contributed by atoms with Crippen molar-refractivity contribution in [2.45, 2.75) is 39.2 Å². The average molecular weight is 201 g/mol. The Balaban J connectivity index is 1.66. The molecule has 1 aliphatic carbocycles. The van der Waals surface area contributed by atoms with Gasteiger partial charge in [-0.3, -0.25) is 0 Å². The Labute approximate surface area is 87.2 Å². The van der Waals surface area contributed by atoms with Crippen molar-refractivity contribution in [3.8, 4) is 0 Å². The van der Waals surface area contributed by atoms with Gasteiger partial charge in [-0.1, -0.05) is 13.8 Å². The van der Waals surface area contributed by atoms with E-state index in [0.717, 1.165) is 32.1 Å². The molecule has 1 rings (SSSR count). The lowest BCUT2D eigenvalue weighted by Gasteiger charge is -2.08. The second-order valence-electron chi connectivity index (χ2n) is 4.30. The predicted molar refractivity (Wildman–Crippen MR) is 57.3 cm³/mol. The summed E-state index contributed by atoms with van der Waals surface area (Å²) < 4.78 is 10.7. The maximum Gasteiger partial charge on any atom is 0.146 e. The fraction of sp³-hybridized carbons (Fsp3) is 1.00. The molecule has 0 aromatic carbocycles. The van der Waals surface area contributed by atoms with Gasteiger partial charge in [0.15, 0.2) is 0 Å². The molecule has 0 spiro atoms. The van der Waals surface area contributed by atoms with Crippen molar-refractivity contribution in [1.29, 1.82) is 0 Å². The third kappa shape index (κ3) is 7.30. The summed E-state index contributed by atoms with van der Waals surface area (Å²) >= 11 is 0. The largest absolute Gasteiger partial charge is 0.355 e. The van der Waals surface area contributed by atoms with E-state index in [1.807, 2.05) is 0 Å². The van der Waals surface area contributed by atoms with Crippen LogP contribution in [0.2, 0.25) is 0 Å². The van der Waals surface area contributed by atoms with Gasteiger partial charge in [0.25, 0.3) is 0 Å². The highest BCUT2D eigenvalue weighted by Gasteiger charge is 2.20. The van der Waals surface area contributed by atoms with Crippen LogP contribution in [-0.4, -0.2) is 32.6 Å². The summed E-state index contributed by atoms with van der Waals surface area (Å²) in [6.45, 7) is 7.49. The average Bonchev–Trinajstić information content (AvgIpc) is 2.92. The lowest BCUT2D eigenvalue weighted by molar-refractivity contribution is -0.0575. The van der Waals surface area contributed by atoms with Crippen LogP contribution in [0.3, 0.4) is 0 Å². The van der Waals surface area contributed by atoms with E-state index in [1.54, 1.807) is 0 Å². The predicted octanol–water partition coefficient (Wildman–Crippen LogP) is 1.78. The van der Waals surface area contributed by atoms with Gasteiger partial charge in [0.2, 0.25) is 0 Å². The van der Waals surface area contributed by atoms with Crippen molar-refractivity contribution in [1.82, 2.24) is 5.32 Å². The standard InChI is InChI=1S/C11H23NO2/c1-10(2)12-6-3-7-13-9-14-8-11-4-5-11/h10-12H,3-9H2,1-2H3.